The van der Waals surface area contributed by atoms with Crippen LogP contribution in [0.1, 0.15) is 16.1 Å². The van der Waals surface area contributed by atoms with Crippen LogP contribution in [-0.2, 0) is 0 Å². The number of aromatic nitrogens is 1. The third-order valence-electron chi connectivity index (χ3n) is 1.11. The van der Waals surface area contributed by atoms with Crippen molar-refractivity contribution < 1.29 is 15.4 Å². The molecule has 0 radical (unpaired) electrons. The minimum atomic E-state index is -1.12. The molecule has 1 rings (SSSR count). The highest BCUT2D eigenvalue weighted by Gasteiger charge is 2.03. The molecule has 12 heavy (non-hydrogen) atoms. The van der Waals surface area contributed by atoms with Gasteiger partial charge in [0.1, 0.15) is 5.69 Å². The van der Waals surface area contributed by atoms with Gasteiger partial charge in [-0.1, -0.05) is 0 Å². The van der Waals surface area contributed by atoms with E-state index in [0.29, 0.717) is 5.56 Å². The molecule has 0 fully saturated rings. The maximum Gasteiger partial charge on any atom is 0.354 e. The van der Waals surface area contributed by atoms with Crippen molar-refractivity contribution in [3.05, 3.63) is 29.6 Å². The largest absolute Gasteiger partial charge is 0.477 e. The van der Waals surface area contributed by atoms with Crippen LogP contribution in [0.15, 0.2) is 18.3 Å². The van der Waals surface area contributed by atoms with E-state index in [1.165, 1.54) is 18.3 Å². The Morgan fingerprint density at radius 1 is 1.67 bits per heavy atom. The van der Waals surface area contributed by atoms with Crippen LogP contribution in [-0.4, -0.2) is 21.5 Å². The third-order valence-corrected chi connectivity index (χ3v) is 1.11. The Morgan fingerprint density at radius 3 is 2.83 bits per heavy atom. The van der Waals surface area contributed by atoms with Crippen molar-refractivity contribution >= 4 is 5.97 Å². The molecule has 5 heteroatoms. The van der Waals surface area contributed by atoms with Gasteiger partial charge in [-0.15, -0.1) is 0 Å². The van der Waals surface area contributed by atoms with Crippen molar-refractivity contribution in [2.75, 3.05) is 0 Å². The lowest BCUT2D eigenvalue weighted by atomic mass is 10.2. The summed E-state index contributed by atoms with van der Waals surface area (Å²) >= 11 is 0. The van der Waals surface area contributed by atoms with Crippen LogP contribution in [0.2, 0.25) is 0 Å². The average Bonchev–Trinajstić information content (AvgIpc) is 2.05. The molecule has 1 aromatic heterocycles. The zero-order valence-corrected chi connectivity index (χ0v) is 5.98. The fourth-order valence-electron chi connectivity index (χ4n) is 0.617. The number of aromatic carboxylic acids is 1. The summed E-state index contributed by atoms with van der Waals surface area (Å²) in [4.78, 5) is 13.8. The van der Waals surface area contributed by atoms with Crippen molar-refractivity contribution in [3.63, 3.8) is 0 Å². The van der Waals surface area contributed by atoms with Crippen molar-refractivity contribution in [3.8, 4) is 6.07 Å². The molecule has 0 saturated heterocycles. The van der Waals surface area contributed by atoms with E-state index in [9.17, 15) is 4.79 Å². The SMILES string of the molecule is N#Cc1ccnc(C(=O)O)c1.O. The fourth-order valence-corrected chi connectivity index (χ4v) is 0.617. The molecule has 0 atom stereocenters. The Labute approximate surface area is 68.2 Å². The molecule has 0 spiro atoms. The second kappa shape index (κ2) is 4.05. The van der Waals surface area contributed by atoms with E-state index in [1.54, 1.807) is 0 Å². The first-order valence-electron chi connectivity index (χ1n) is 2.83. The second-order valence-electron chi connectivity index (χ2n) is 1.85. The molecule has 1 aromatic rings. The Kier molecular flexibility index (Phi) is 3.40. The molecule has 0 bridgehead atoms. The van der Waals surface area contributed by atoms with Crippen molar-refractivity contribution in [2.24, 2.45) is 0 Å². The summed E-state index contributed by atoms with van der Waals surface area (Å²) < 4.78 is 0. The summed E-state index contributed by atoms with van der Waals surface area (Å²) in [6.07, 6.45) is 1.29. The minimum Gasteiger partial charge on any atom is -0.477 e. The second-order valence-corrected chi connectivity index (χ2v) is 1.85. The average molecular weight is 166 g/mol. The van der Waals surface area contributed by atoms with E-state index in [4.69, 9.17) is 10.4 Å². The highest BCUT2D eigenvalue weighted by atomic mass is 16.4. The summed E-state index contributed by atoms with van der Waals surface area (Å²) in [7, 11) is 0. The van der Waals surface area contributed by atoms with Gasteiger partial charge >= 0.3 is 5.97 Å². The number of hydrogen-bond donors (Lipinski definition) is 1. The smallest absolute Gasteiger partial charge is 0.354 e. The van der Waals surface area contributed by atoms with E-state index in [2.05, 4.69) is 4.98 Å². The standard InChI is InChI=1S/C7H4N2O2.H2O/c8-4-5-1-2-9-6(3-5)7(10)11;/h1-3H,(H,10,11);1H2. The quantitative estimate of drug-likeness (QED) is 0.624. The molecule has 0 aliphatic carbocycles. The number of pyridine rings is 1. The summed E-state index contributed by atoms with van der Waals surface area (Å²) in [5.41, 5.74) is 0.196. The van der Waals surface area contributed by atoms with Gasteiger partial charge in [-0.2, -0.15) is 5.26 Å². The van der Waals surface area contributed by atoms with Gasteiger partial charge in [0.25, 0.3) is 0 Å². The molecule has 0 unspecified atom stereocenters. The predicted octanol–water partition coefficient (Wildman–Crippen LogP) is -0.173. The van der Waals surface area contributed by atoms with Crippen molar-refractivity contribution in [2.45, 2.75) is 0 Å². The monoisotopic (exact) mass is 166 g/mol. The first-order chi connectivity index (χ1) is 5.24. The fraction of sp³-hybridized carbons (Fsp3) is 0. The zero-order valence-electron chi connectivity index (χ0n) is 5.98. The summed E-state index contributed by atoms with van der Waals surface area (Å²) in [5.74, 6) is -1.12. The van der Waals surface area contributed by atoms with E-state index >= 15 is 0 Å². The Balaban J connectivity index is 0.00000121. The van der Waals surface area contributed by atoms with E-state index < -0.39 is 5.97 Å². The maximum absolute atomic E-state index is 10.3. The van der Waals surface area contributed by atoms with Crippen LogP contribution in [0.25, 0.3) is 0 Å². The lowest BCUT2D eigenvalue weighted by Crippen LogP contribution is -1.99. The number of nitriles is 1. The van der Waals surface area contributed by atoms with Gasteiger partial charge in [-0.25, -0.2) is 9.78 Å². The third kappa shape index (κ3) is 2.04. The Bertz CT molecular complexity index is 330. The molecule has 0 aliphatic heterocycles. The van der Waals surface area contributed by atoms with Crippen LogP contribution in [0, 0.1) is 11.3 Å². The molecule has 1 heterocycles. The summed E-state index contributed by atoms with van der Waals surface area (Å²) in [6, 6.07) is 4.49. The van der Waals surface area contributed by atoms with Gasteiger partial charge in [-0.3, -0.25) is 0 Å². The molecule has 0 amide bonds. The van der Waals surface area contributed by atoms with E-state index in [1.807, 2.05) is 6.07 Å². The molecular formula is C7H6N2O3. The molecule has 5 nitrogen and oxygen atoms in total. The Hall–Kier alpha value is -1.93. The van der Waals surface area contributed by atoms with Crippen LogP contribution in [0.3, 0.4) is 0 Å². The topological polar surface area (TPSA) is 105 Å². The van der Waals surface area contributed by atoms with E-state index in [-0.39, 0.29) is 11.2 Å². The van der Waals surface area contributed by atoms with Crippen molar-refractivity contribution in [1.29, 1.82) is 5.26 Å². The van der Waals surface area contributed by atoms with Crippen LogP contribution in [0.5, 0.6) is 0 Å². The van der Waals surface area contributed by atoms with Gasteiger partial charge in [0.2, 0.25) is 0 Å². The van der Waals surface area contributed by atoms with E-state index in [0.717, 1.165) is 0 Å². The highest BCUT2D eigenvalue weighted by molar-refractivity contribution is 5.85. The summed E-state index contributed by atoms with van der Waals surface area (Å²) in [6.45, 7) is 0. The maximum atomic E-state index is 10.3. The van der Waals surface area contributed by atoms with Crippen LogP contribution >= 0.6 is 0 Å². The zero-order chi connectivity index (χ0) is 8.27. The number of hydrogen-bond acceptors (Lipinski definition) is 3. The van der Waals surface area contributed by atoms with Gasteiger partial charge in [0.05, 0.1) is 11.6 Å². The molecular weight excluding hydrogens is 160 g/mol. The van der Waals surface area contributed by atoms with Crippen LogP contribution < -0.4 is 0 Å². The number of rotatable bonds is 1. The predicted molar refractivity (Wildman–Crippen MR) is 39.5 cm³/mol. The molecule has 3 N–H and O–H groups in total. The van der Waals surface area contributed by atoms with Crippen LogP contribution in [0.4, 0.5) is 0 Å². The lowest BCUT2D eigenvalue weighted by Gasteiger charge is -1.91. The van der Waals surface area contributed by atoms with Gasteiger partial charge < -0.3 is 10.6 Å². The Morgan fingerprint density at radius 2 is 2.33 bits per heavy atom. The summed E-state index contributed by atoms with van der Waals surface area (Å²) in [5, 5.41) is 16.8. The van der Waals surface area contributed by atoms with Crippen molar-refractivity contribution in [1.82, 2.24) is 4.98 Å². The number of carboxylic acid groups (broad SMARTS) is 1. The van der Waals surface area contributed by atoms with Gasteiger partial charge in [0.15, 0.2) is 0 Å². The lowest BCUT2D eigenvalue weighted by molar-refractivity contribution is 0.0690. The minimum absolute atomic E-state index is 0. The number of carboxylic acids is 1. The number of nitrogens with zero attached hydrogens (tertiary/aromatic N) is 2. The van der Waals surface area contributed by atoms with Gasteiger partial charge in [-0.05, 0) is 12.1 Å². The van der Waals surface area contributed by atoms with Gasteiger partial charge in [0, 0.05) is 6.20 Å². The molecule has 0 aromatic carbocycles. The number of carbonyl (C=O) groups is 1. The first-order valence-corrected chi connectivity index (χ1v) is 2.83. The normalized spacial score (nSPS) is 7.92. The molecule has 0 aliphatic rings. The highest BCUT2D eigenvalue weighted by Crippen LogP contribution is 1.99. The first kappa shape index (κ1) is 10.1. The molecule has 62 valence electrons. The molecule has 0 saturated carbocycles.